The van der Waals surface area contributed by atoms with E-state index in [4.69, 9.17) is 22.9 Å². The molecule has 17 N–H and O–H groups in total. The first-order valence-electron chi connectivity index (χ1n) is 21.7. The van der Waals surface area contributed by atoms with E-state index in [0.29, 0.717) is 49.9 Å². The summed E-state index contributed by atoms with van der Waals surface area (Å²) < 4.78 is -1.10. The molecular formula is C43H65N11O10S2. The zero-order valence-electron chi connectivity index (χ0n) is 37.2. The number of phenols is 1. The Morgan fingerprint density at radius 2 is 1.30 bits per heavy atom. The fraction of sp³-hybridized carbons (Fsp3) is 0.535. The van der Waals surface area contributed by atoms with Crippen LogP contribution in [0.25, 0.3) is 0 Å². The Morgan fingerprint density at radius 1 is 0.742 bits per heavy atom. The third-order valence-electron chi connectivity index (χ3n) is 10.5. The maximum absolute atomic E-state index is 14.3. The lowest BCUT2D eigenvalue weighted by atomic mass is 10.0. The van der Waals surface area contributed by atoms with E-state index in [-0.39, 0.29) is 37.2 Å². The van der Waals surface area contributed by atoms with Crippen LogP contribution in [0.2, 0.25) is 0 Å². The summed E-state index contributed by atoms with van der Waals surface area (Å²) in [6, 6.07) is 5.33. The number of hydrogen-bond donors (Lipinski definition) is 13. The molecule has 0 aliphatic carbocycles. The Kier molecular flexibility index (Phi) is 23.2. The summed E-state index contributed by atoms with van der Waals surface area (Å²) >= 11 is 0. The maximum Gasteiger partial charge on any atom is 0.245 e. The van der Waals surface area contributed by atoms with Gasteiger partial charge in [-0.1, -0.05) is 64.1 Å². The highest BCUT2D eigenvalue weighted by Gasteiger charge is 2.37. The first kappa shape index (κ1) is 54.9. The summed E-state index contributed by atoms with van der Waals surface area (Å²) in [6.07, 6.45) is 2.15. The highest BCUT2D eigenvalue weighted by atomic mass is 33.1. The molecule has 1 aliphatic heterocycles. The van der Waals surface area contributed by atoms with E-state index in [1.807, 2.05) is 0 Å². The van der Waals surface area contributed by atoms with Crippen molar-refractivity contribution >= 4 is 68.8 Å². The number of phenolic OH excluding ortho intramolecular Hbond substituents is 1. The Labute approximate surface area is 392 Å². The average molecular weight is 960 g/mol. The third kappa shape index (κ3) is 18.4. The van der Waals surface area contributed by atoms with Gasteiger partial charge in [0, 0.05) is 23.3 Å². The van der Waals surface area contributed by atoms with E-state index in [0.717, 1.165) is 21.6 Å². The van der Waals surface area contributed by atoms with Gasteiger partial charge in [0.2, 0.25) is 47.3 Å². The zero-order chi connectivity index (χ0) is 48.8. The van der Waals surface area contributed by atoms with E-state index >= 15 is 0 Å². The molecule has 21 nitrogen and oxygen atoms in total. The van der Waals surface area contributed by atoms with Crippen molar-refractivity contribution in [3.63, 3.8) is 0 Å². The van der Waals surface area contributed by atoms with Crippen LogP contribution in [0.3, 0.4) is 0 Å². The molecule has 8 amide bonds. The molecule has 1 aliphatic rings. The average Bonchev–Trinajstić information content (AvgIpc) is 3.28. The van der Waals surface area contributed by atoms with Gasteiger partial charge in [-0.2, -0.15) is 0 Å². The molecule has 0 spiro atoms. The summed E-state index contributed by atoms with van der Waals surface area (Å²) in [5.41, 5.74) is 24.6. The number of nitrogens with one attached hydrogen (secondary N) is 7. The number of amides is 8. The Hall–Kier alpha value is -5.46. The summed E-state index contributed by atoms with van der Waals surface area (Å²) in [4.78, 5) is 109. The first-order valence-corrected chi connectivity index (χ1v) is 24.0. The topological polar surface area (TPSA) is 365 Å². The van der Waals surface area contributed by atoms with Gasteiger partial charge in [-0.25, -0.2) is 0 Å². The normalized spacial score (nSPS) is 22.2. The molecule has 2 aromatic carbocycles. The Bertz CT molecular complexity index is 1950. The highest BCUT2D eigenvalue weighted by Crippen LogP contribution is 2.38. The van der Waals surface area contributed by atoms with Crippen LogP contribution in [0, 0.1) is 0 Å². The first-order chi connectivity index (χ1) is 31.4. The van der Waals surface area contributed by atoms with Crippen LogP contribution in [0.4, 0.5) is 0 Å². The molecule has 1 heterocycles. The zero-order valence-corrected chi connectivity index (χ0v) is 38.8. The second kappa shape index (κ2) is 27.9. The van der Waals surface area contributed by atoms with Crippen molar-refractivity contribution in [2.75, 3.05) is 32.0 Å². The van der Waals surface area contributed by atoms with E-state index < -0.39 is 107 Å². The SMILES string of the molecule is CC1(C)SSC[C@@H](C(=O)N[C@@H](CCCCN)C(=O)N[C@@H](CCCCN)C(N)=O)NC(=O)[C@H](Cc2ccccc2)NC(=O)[C@H](CO)NC(=O)CNC(=O)[C@H](Cc2ccc(O)cc2)NC(=O)[C@@H]1N. The van der Waals surface area contributed by atoms with Crippen molar-refractivity contribution < 1.29 is 48.6 Å². The van der Waals surface area contributed by atoms with Crippen molar-refractivity contribution in [2.24, 2.45) is 22.9 Å². The molecule has 0 radical (unpaired) electrons. The number of unbranched alkanes of at least 4 members (excludes halogenated alkanes) is 2. The number of hydrogen-bond acceptors (Lipinski definition) is 15. The van der Waals surface area contributed by atoms with Gasteiger partial charge in [0.25, 0.3) is 0 Å². The molecule has 2 aromatic rings. The van der Waals surface area contributed by atoms with Gasteiger partial charge in [0.15, 0.2) is 0 Å². The predicted molar refractivity (Wildman–Crippen MR) is 251 cm³/mol. The smallest absolute Gasteiger partial charge is 0.245 e. The second-order valence-corrected chi connectivity index (χ2v) is 19.3. The number of aromatic hydroxyl groups is 1. The molecule has 7 atom stereocenters. The number of carbonyl (C=O) groups is 8. The monoisotopic (exact) mass is 959 g/mol. The Balaban J connectivity index is 2.03. The van der Waals surface area contributed by atoms with Crippen LogP contribution < -0.4 is 60.2 Å². The molecule has 3 rings (SSSR count). The van der Waals surface area contributed by atoms with E-state index in [1.165, 1.54) is 12.1 Å². The minimum absolute atomic E-state index is 0.0255. The molecule has 23 heteroatoms. The number of rotatable bonds is 18. The number of primary amides is 1. The molecule has 0 unspecified atom stereocenters. The standard InChI is InChI=1S/C43H65N11O10S2/c1-43(2)35(46)42(64)53-30(21-26-14-16-27(56)17-15-26)37(59)48-22-34(57)49-32(23-55)40(62)52-31(20-25-10-4-3-5-11-25)39(61)54-33(24-65-66-43)41(63)51-29(13-7-9-19-45)38(60)50-28(36(47)58)12-6-8-18-44/h3-5,10-11,14-17,28-33,35,55-56H,6-9,12-13,18-24,44-46H2,1-2H3,(H2,47,58)(H,48,59)(H,49,57)(H,50,60)(H,51,63)(H,52,62)(H,53,64)(H,54,61)/t28-,29-,30-,31-,32-,33-,35-/m0/s1. The number of carbonyl (C=O) groups excluding carboxylic acids is 8. The molecule has 1 saturated heterocycles. The summed E-state index contributed by atoms with van der Waals surface area (Å²) in [5, 5.41) is 38.0. The molecule has 66 heavy (non-hydrogen) atoms. The minimum Gasteiger partial charge on any atom is -0.508 e. The third-order valence-corrected chi connectivity index (χ3v) is 13.9. The minimum atomic E-state index is -1.60. The Morgan fingerprint density at radius 3 is 1.89 bits per heavy atom. The molecule has 0 bridgehead atoms. The van der Waals surface area contributed by atoms with Crippen LogP contribution >= 0.6 is 21.6 Å². The van der Waals surface area contributed by atoms with Gasteiger partial charge in [0.05, 0.1) is 19.2 Å². The molecular weight excluding hydrogens is 895 g/mol. The molecule has 364 valence electrons. The number of benzene rings is 2. The van der Waals surface area contributed by atoms with E-state index in [1.54, 1.807) is 56.3 Å². The second-order valence-electron chi connectivity index (χ2n) is 16.3. The van der Waals surface area contributed by atoms with Crippen molar-refractivity contribution in [1.82, 2.24) is 37.2 Å². The fourth-order valence-corrected chi connectivity index (χ4v) is 9.35. The quantitative estimate of drug-likeness (QED) is 0.0540. The number of aliphatic hydroxyl groups is 1. The van der Waals surface area contributed by atoms with Crippen molar-refractivity contribution in [1.29, 1.82) is 0 Å². The van der Waals surface area contributed by atoms with Crippen LogP contribution in [0.15, 0.2) is 54.6 Å². The van der Waals surface area contributed by atoms with Crippen LogP contribution in [0.5, 0.6) is 5.75 Å². The van der Waals surface area contributed by atoms with Crippen LogP contribution in [0.1, 0.15) is 63.5 Å². The lowest BCUT2D eigenvalue weighted by Gasteiger charge is -2.31. The van der Waals surface area contributed by atoms with Crippen LogP contribution in [-0.2, 0) is 51.2 Å². The van der Waals surface area contributed by atoms with E-state index in [2.05, 4.69) is 37.2 Å². The van der Waals surface area contributed by atoms with Gasteiger partial charge in [0.1, 0.15) is 42.0 Å². The summed E-state index contributed by atoms with van der Waals surface area (Å²) in [5.74, 6) is -6.69. The highest BCUT2D eigenvalue weighted by molar-refractivity contribution is 8.77. The predicted octanol–water partition coefficient (Wildman–Crippen LogP) is -2.56. The van der Waals surface area contributed by atoms with Crippen LogP contribution in [-0.4, -0.2) is 137 Å². The van der Waals surface area contributed by atoms with Gasteiger partial charge >= 0.3 is 0 Å². The maximum atomic E-state index is 14.3. The van der Waals surface area contributed by atoms with Crippen molar-refractivity contribution in [3.8, 4) is 5.75 Å². The number of aliphatic hydroxyl groups excluding tert-OH is 1. The summed E-state index contributed by atoms with van der Waals surface area (Å²) in [7, 11) is 2.18. The van der Waals surface area contributed by atoms with Gasteiger partial charge in [-0.3, -0.25) is 38.4 Å². The summed E-state index contributed by atoms with van der Waals surface area (Å²) in [6.45, 7) is 2.41. The molecule has 1 fully saturated rings. The number of nitrogens with two attached hydrogens (primary N) is 4. The van der Waals surface area contributed by atoms with Crippen molar-refractivity contribution in [2.45, 2.75) is 112 Å². The lowest BCUT2D eigenvalue weighted by molar-refractivity contribution is -0.135. The largest absolute Gasteiger partial charge is 0.508 e. The fourth-order valence-electron chi connectivity index (χ4n) is 6.56. The molecule has 0 saturated carbocycles. The van der Waals surface area contributed by atoms with Gasteiger partial charge < -0.3 is 70.4 Å². The lowest BCUT2D eigenvalue weighted by Crippen LogP contribution is -2.61. The molecule has 0 aromatic heterocycles. The van der Waals surface area contributed by atoms with Crippen molar-refractivity contribution in [3.05, 3.63) is 65.7 Å². The van der Waals surface area contributed by atoms with Gasteiger partial charge in [-0.05, 0) is 88.7 Å². The van der Waals surface area contributed by atoms with E-state index in [9.17, 15) is 48.6 Å². The van der Waals surface area contributed by atoms with Gasteiger partial charge in [-0.15, -0.1) is 0 Å².